The van der Waals surface area contributed by atoms with E-state index in [-0.39, 0.29) is 12.3 Å². The lowest BCUT2D eigenvalue weighted by molar-refractivity contribution is -0.142. The molecule has 2 atom stereocenters. The van der Waals surface area contributed by atoms with Crippen LogP contribution in [0.1, 0.15) is 18.9 Å². The quantitative estimate of drug-likeness (QED) is 0.854. The lowest BCUT2D eigenvalue weighted by atomic mass is 9.90. The first-order valence-corrected chi connectivity index (χ1v) is 9.26. The maximum atomic E-state index is 12.7. The molecule has 0 aromatic heterocycles. The largest absolute Gasteiger partial charge is 0.486 e. The van der Waals surface area contributed by atoms with E-state index in [9.17, 15) is 9.90 Å². The maximum absolute atomic E-state index is 12.7. The number of nitrogens with zero attached hydrogens (tertiary/aromatic N) is 1. The lowest BCUT2D eigenvalue weighted by Crippen LogP contribution is -2.57. The summed E-state index contributed by atoms with van der Waals surface area (Å²) in [6.45, 7) is 2.56. The van der Waals surface area contributed by atoms with Crippen LogP contribution in [0.4, 0.5) is 0 Å². The molecular formula is C20H21Cl2NO3. The van der Waals surface area contributed by atoms with Gasteiger partial charge in [-0.25, -0.2) is 0 Å². The van der Waals surface area contributed by atoms with Crippen LogP contribution in [0.15, 0.2) is 48.5 Å². The topological polar surface area (TPSA) is 49.8 Å². The third-order valence-electron chi connectivity index (χ3n) is 4.66. The number of piperidine rings is 1. The minimum Gasteiger partial charge on any atom is -0.486 e. The summed E-state index contributed by atoms with van der Waals surface area (Å²) in [6.07, 6.45) is 0.212. The fourth-order valence-corrected chi connectivity index (χ4v) is 3.35. The van der Waals surface area contributed by atoms with Gasteiger partial charge in [-0.1, -0.05) is 35.3 Å². The first kappa shape index (κ1) is 19.0. The van der Waals surface area contributed by atoms with Crippen LogP contribution in [0.5, 0.6) is 5.75 Å². The average Bonchev–Trinajstić information content (AvgIpc) is 2.58. The van der Waals surface area contributed by atoms with Crippen LogP contribution >= 0.6 is 23.2 Å². The molecule has 0 bridgehead atoms. The summed E-state index contributed by atoms with van der Waals surface area (Å²) in [5.41, 5.74) is -0.137. The highest BCUT2D eigenvalue weighted by Crippen LogP contribution is 2.28. The fraction of sp³-hybridized carbons (Fsp3) is 0.350. The first-order valence-electron chi connectivity index (χ1n) is 8.50. The Morgan fingerprint density at radius 1 is 1.23 bits per heavy atom. The van der Waals surface area contributed by atoms with Gasteiger partial charge in [-0.3, -0.25) is 4.79 Å². The van der Waals surface area contributed by atoms with Gasteiger partial charge < -0.3 is 14.7 Å². The van der Waals surface area contributed by atoms with Crippen molar-refractivity contribution in [2.24, 2.45) is 0 Å². The van der Waals surface area contributed by atoms with Gasteiger partial charge in [0, 0.05) is 16.6 Å². The molecule has 0 saturated carbocycles. The van der Waals surface area contributed by atoms with Crippen LogP contribution < -0.4 is 4.74 Å². The van der Waals surface area contributed by atoms with E-state index < -0.39 is 11.7 Å². The second kappa shape index (κ2) is 7.87. The third-order valence-corrected chi connectivity index (χ3v) is 5.14. The first-order chi connectivity index (χ1) is 12.3. The Morgan fingerprint density at radius 2 is 1.96 bits per heavy atom. The summed E-state index contributed by atoms with van der Waals surface area (Å²) in [5.74, 6) is 0.608. The molecule has 2 aromatic rings. The molecule has 1 fully saturated rings. The van der Waals surface area contributed by atoms with Crippen molar-refractivity contribution in [3.05, 3.63) is 64.1 Å². The monoisotopic (exact) mass is 393 g/mol. The predicted molar refractivity (Wildman–Crippen MR) is 103 cm³/mol. The number of carbonyl (C=O) groups excluding carboxylic acids is 1. The summed E-state index contributed by atoms with van der Waals surface area (Å²) >= 11 is 11.9. The van der Waals surface area contributed by atoms with Gasteiger partial charge in [0.15, 0.2) is 0 Å². The van der Waals surface area contributed by atoms with Crippen LogP contribution in [-0.2, 0) is 11.2 Å². The third kappa shape index (κ3) is 4.70. The standard InChI is InChI=1S/C20H21Cl2NO3/c1-20(25)9-10-23(19(24)12-14-3-2-4-16(22)11-14)13-18(20)26-17-7-5-15(21)6-8-17/h2-8,11,18,25H,9-10,12-13H2,1H3/t18-,20-/m0/s1. The SMILES string of the molecule is C[C@]1(O)CCN(C(=O)Cc2cccc(Cl)c2)C[C@@H]1Oc1ccc(Cl)cc1. The Labute approximate surface area is 163 Å². The van der Waals surface area contributed by atoms with Gasteiger partial charge >= 0.3 is 0 Å². The lowest BCUT2D eigenvalue weighted by Gasteiger charge is -2.42. The Morgan fingerprint density at radius 3 is 2.65 bits per heavy atom. The van der Waals surface area contributed by atoms with E-state index in [0.717, 1.165) is 5.56 Å². The van der Waals surface area contributed by atoms with Crippen molar-refractivity contribution in [2.75, 3.05) is 13.1 Å². The summed E-state index contributed by atoms with van der Waals surface area (Å²) in [7, 11) is 0. The van der Waals surface area contributed by atoms with E-state index in [4.69, 9.17) is 27.9 Å². The van der Waals surface area contributed by atoms with Crippen molar-refractivity contribution in [3.8, 4) is 5.75 Å². The van der Waals surface area contributed by atoms with Gasteiger partial charge in [0.25, 0.3) is 0 Å². The van der Waals surface area contributed by atoms with Crippen LogP contribution in [0.2, 0.25) is 10.0 Å². The van der Waals surface area contributed by atoms with E-state index in [2.05, 4.69) is 0 Å². The summed E-state index contributed by atoms with van der Waals surface area (Å²) in [5, 5.41) is 11.9. The van der Waals surface area contributed by atoms with Crippen molar-refractivity contribution in [3.63, 3.8) is 0 Å². The molecule has 0 spiro atoms. The van der Waals surface area contributed by atoms with E-state index in [1.807, 2.05) is 12.1 Å². The molecule has 1 aliphatic heterocycles. The second-order valence-electron chi connectivity index (χ2n) is 6.81. The van der Waals surface area contributed by atoms with Crippen LogP contribution in [-0.4, -0.2) is 40.7 Å². The van der Waals surface area contributed by atoms with E-state index in [1.165, 1.54) is 0 Å². The van der Waals surface area contributed by atoms with Crippen LogP contribution in [0.25, 0.3) is 0 Å². The molecular weight excluding hydrogens is 373 g/mol. The Bertz CT molecular complexity index is 777. The van der Waals surface area contributed by atoms with Gasteiger partial charge in [0.1, 0.15) is 17.5 Å². The molecule has 1 amide bonds. The maximum Gasteiger partial charge on any atom is 0.227 e. The molecule has 1 saturated heterocycles. The van der Waals surface area contributed by atoms with Gasteiger partial charge in [-0.05, 0) is 55.3 Å². The fourth-order valence-electron chi connectivity index (χ4n) is 3.01. The van der Waals surface area contributed by atoms with Crippen molar-refractivity contribution in [2.45, 2.75) is 31.5 Å². The zero-order valence-electron chi connectivity index (χ0n) is 14.5. The number of rotatable bonds is 4. The van der Waals surface area contributed by atoms with Gasteiger partial charge in [-0.2, -0.15) is 0 Å². The molecule has 4 nitrogen and oxygen atoms in total. The number of benzene rings is 2. The van der Waals surface area contributed by atoms with E-state index in [1.54, 1.807) is 48.2 Å². The number of hydrogen-bond acceptors (Lipinski definition) is 3. The smallest absolute Gasteiger partial charge is 0.227 e. The summed E-state index contributed by atoms with van der Waals surface area (Å²) < 4.78 is 5.95. The number of ether oxygens (including phenoxy) is 1. The highest BCUT2D eigenvalue weighted by atomic mass is 35.5. The van der Waals surface area contributed by atoms with Gasteiger partial charge in [-0.15, -0.1) is 0 Å². The van der Waals surface area contributed by atoms with Crippen molar-refractivity contribution >= 4 is 29.1 Å². The molecule has 138 valence electrons. The molecule has 1 aliphatic rings. The Balaban J connectivity index is 1.68. The number of amides is 1. The molecule has 3 rings (SSSR count). The molecule has 0 aliphatic carbocycles. The van der Waals surface area contributed by atoms with Crippen molar-refractivity contribution in [1.82, 2.24) is 4.90 Å². The molecule has 26 heavy (non-hydrogen) atoms. The van der Waals surface area contributed by atoms with Gasteiger partial charge in [0.05, 0.1) is 13.0 Å². The number of halogens is 2. The number of hydrogen-bond donors (Lipinski definition) is 1. The number of aliphatic hydroxyl groups is 1. The molecule has 6 heteroatoms. The van der Waals surface area contributed by atoms with E-state index >= 15 is 0 Å². The second-order valence-corrected chi connectivity index (χ2v) is 7.69. The zero-order chi connectivity index (χ0) is 18.7. The minimum atomic E-state index is -1.01. The zero-order valence-corrected chi connectivity index (χ0v) is 16.0. The summed E-state index contributed by atoms with van der Waals surface area (Å²) in [4.78, 5) is 14.4. The Kier molecular flexibility index (Phi) is 5.76. The van der Waals surface area contributed by atoms with E-state index in [0.29, 0.717) is 35.3 Å². The number of likely N-dealkylation sites (tertiary alicyclic amines) is 1. The minimum absolute atomic E-state index is 0.00697. The predicted octanol–water partition coefficient (Wildman–Crippen LogP) is 3.97. The van der Waals surface area contributed by atoms with Gasteiger partial charge in [0.2, 0.25) is 5.91 Å². The van der Waals surface area contributed by atoms with Crippen LogP contribution in [0.3, 0.4) is 0 Å². The molecule has 0 radical (unpaired) electrons. The summed E-state index contributed by atoms with van der Waals surface area (Å²) in [6, 6.07) is 14.3. The molecule has 0 unspecified atom stereocenters. The average molecular weight is 394 g/mol. The number of carbonyl (C=O) groups is 1. The molecule has 1 N–H and O–H groups in total. The van der Waals surface area contributed by atoms with Crippen molar-refractivity contribution in [1.29, 1.82) is 0 Å². The van der Waals surface area contributed by atoms with Crippen molar-refractivity contribution < 1.29 is 14.6 Å². The Hall–Kier alpha value is -1.75. The normalized spacial score (nSPS) is 22.9. The van der Waals surface area contributed by atoms with Crippen LogP contribution in [0, 0.1) is 0 Å². The molecule has 2 aromatic carbocycles. The molecule has 1 heterocycles. The highest BCUT2D eigenvalue weighted by molar-refractivity contribution is 6.30. The highest BCUT2D eigenvalue weighted by Gasteiger charge is 2.40.